The van der Waals surface area contributed by atoms with Crippen molar-refractivity contribution in [2.45, 2.75) is 57.1 Å². The molecule has 2 aliphatic rings. The number of carboxylic acid groups (broad SMARTS) is 1. The van der Waals surface area contributed by atoms with Gasteiger partial charge in [-0.25, -0.2) is 0 Å². The molecular formula is C15H26N2O4. The first kappa shape index (κ1) is 16.2. The fraction of sp³-hybridized carbons (Fsp3) is 0.867. The first-order chi connectivity index (χ1) is 10.0. The quantitative estimate of drug-likeness (QED) is 0.678. The Balaban J connectivity index is 1.86. The predicted molar refractivity (Wildman–Crippen MR) is 78.0 cm³/mol. The highest BCUT2D eigenvalue weighted by atomic mass is 16.5. The monoisotopic (exact) mass is 298 g/mol. The van der Waals surface area contributed by atoms with Gasteiger partial charge in [-0.2, -0.15) is 0 Å². The zero-order valence-corrected chi connectivity index (χ0v) is 12.7. The van der Waals surface area contributed by atoms with Crippen LogP contribution in [0.1, 0.15) is 44.9 Å². The highest BCUT2D eigenvalue weighted by Crippen LogP contribution is 2.38. The fourth-order valence-corrected chi connectivity index (χ4v) is 3.52. The van der Waals surface area contributed by atoms with E-state index < -0.39 is 5.97 Å². The van der Waals surface area contributed by atoms with Crippen molar-refractivity contribution in [3.05, 3.63) is 0 Å². The molecule has 1 saturated carbocycles. The summed E-state index contributed by atoms with van der Waals surface area (Å²) in [5, 5.41) is 15.2. The normalized spacial score (nSPS) is 28.2. The van der Waals surface area contributed by atoms with Crippen molar-refractivity contribution in [1.29, 1.82) is 0 Å². The summed E-state index contributed by atoms with van der Waals surface area (Å²) in [6.45, 7) is 1.16. The van der Waals surface area contributed by atoms with Gasteiger partial charge >= 0.3 is 5.97 Å². The first-order valence-electron chi connectivity index (χ1n) is 7.80. The average molecular weight is 298 g/mol. The summed E-state index contributed by atoms with van der Waals surface area (Å²) in [6.07, 6.45) is 5.95. The summed E-state index contributed by atoms with van der Waals surface area (Å²) in [7, 11) is 1.65. The van der Waals surface area contributed by atoms with Crippen LogP contribution in [0.5, 0.6) is 0 Å². The largest absolute Gasteiger partial charge is 0.481 e. The Labute approximate surface area is 125 Å². The number of carbonyl (C=O) groups is 2. The summed E-state index contributed by atoms with van der Waals surface area (Å²) < 4.78 is 5.24. The van der Waals surface area contributed by atoms with Crippen molar-refractivity contribution < 1.29 is 19.4 Å². The molecule has 1 heterocycles. The van der Waals surface area contributed by atoms with Crippen LogP contribution in [0, 0.1) is 5.41 Å². The van der Waals surface area contributed by atoms with Gasteiger partial charge in [-0.05, 0) is 24.7 Å². The Kier molecular flexibility index (Phi) is 5.58. The van der Waals surface area contributed by atoms with E-state index in [-0.39, 0.29) is 29.9 Å². The van der Waals surface area contributed by atoms with Crippen molar-refractivity contribution >= 4 is 11.9 Å². The molecule has 1 saturated heterocycles. The lowest BCUT2D eigenvalue weighted by Gasteiger charge is -2.36. The minimum absolute atomic E-state index is 0.0371. The van der Waals surface area contributed by atoms with Crippen LogP contribution in [0.4, 0.5) is 0 Å². The number of carboxylic acids is 1. The van der Waals surface area contributed by atoms with Gasteiger partial charge in [0.25, 0.3) is 0 Å². The highest BCUT2D eigenvalue weighted by molar-refractivity contribution is 5.82. The average Bonchev–Trinajstić information content (AvgIpc) is 2.94. The van der Waals surface area contributed by atoms with E-state index in [1.807, 2.05) is 0 Å². The number of nitrogens with one attached hydrogen (secondary N) is 2. The van der Waals surface area contributed by atoms with E-state index in [2.05, 4.69) is 10.6 Å². The SMILES string of the molecule is COC1CNC(C(=O)NCC2(CC(=O)O)CCCCC2)C1. The minimum Gasteiger partial charge on any atom is -0.481 e. The Morgan fingerprint density at radius 3 is 2.62 bits per heavy atom. The number of hydrogen-bond donors (Lipinski definition) is 3. The van der Waals surface area contributed by atoms with Gasteiger partial charge in [0.05, 0.1) is 18.6 Å². The lowest BCUT2D eigenvalue weighted by molar-refractivity contribution is -0.140. The Hall–Kier alpha value is -1.14. The number of amides is 1. The summed E-state index contributed by atoms with van der Waals surface area (Å²) in [5.41, 5.74) is -0.265. The highest BCUT2D eigenvalue weighted by Gasteiger charge is 2.36. The maximum atomic E-state index is 12.2. The van der Waals surface area contributed by atoms with Gasteiger partial charge in [-0.1, -0.05) is 19.3 Å². The molecule has 2 unspecified atom stereocenters. The van der Waals surface area contributed by atoms with Crippen LogP contribution in [0.25, 0.3) is 0 Å². The van der Waals surface area contributed by atoms with Crippen LogP contribution in [0.3, 0.4) is 0 Å². The molecule has 2 fully saturated rings. The second-order valence-electron chi connectivity index (χ2n) is 6.40. The zero-order chi connectivity index (χ0) is 15.3. The molecule has 1 aliphatic carbocycles. The van der Waals surface area contributed by atoms with E-state index in [9.17, 15) is 9.59 Å². The molecule has 0 bridgehead atoms. The van der Waals surface area contributed by atoms with Crippen LogP contribution >= 0.6 is 0 Å². The molecule has 120 valence electrons. The molecule has 0 aromatic rings. The topological polar surface area (TPSA) is 87.7 Å². The van der Waals surface area contributed by atoms with E-state index in [1.165, 1.54) is 0 Å². The second kappa shape index (κ2) is 7.22. The third-order valence-electron chi connectivity index (χ3n) is 4.82. The van der Waals surface area contributed by atoms with E-state index >= 15 is 0 Å². The summed E-state index contributed by atoms with van der Waals surface area (Å²) >= 11 is 0. The lowest BCUT2D eigenvalue weighted by atomic mass is 9.71. The van der Waals surface area contributed by atoms with Crippen molar-refractivity contribution in [1.82, 2.24) is 10.6 Å². The van der Waals surface area contributed by atoms with Crippen molar-refractivity contribution in [2.75, 3.05) is 20.2 Å². The molecule has 0 radical (unpaired) electrons. The summed E-state index contributed by atoms with van der Waals surface area (Å²) in [4.78, 5) is 23.3. The summed E-state index contributed by atoms with van der Waals surface area (Å²) in [6, 6.07) is -0.222. The maximum Gasteiger partial charge on any atom is 0.303 e. The molecule has 3 N–H and O–H groups in total. The van der Waals surface area contributed by atoms with Crippen LogP contribution in [0.2, 0.25) is 0 Å². The van der Waals surface area contributed by atoms with Crippen molar-refractivity contribution in [3.8, 4) is 0 Å². The number of methoxy groups -OCH3 is 1. The smallest absolute Gasteiger partial charge is 0.303 e. The van der Waals surface area contributed by atoms with Crippen LogP contribution in [-0.4, -0.2) is 49.3 Å². The Morgan fingerprint density at radius 2 is 2.05 bits per heavy atom. The third-order valence-corrected chi connectivity index (χ3v) is 4.82. The molecule has 2 rings (SSSR count). The molecule has 0 aromatic carbocycles. The standard InChI is InChI=1S/C15H26N2O4/c1-21-11-7-12(16-9-11)14(20)17-10-15(8-13(18)19)5-3-2-4-6-15/h11-12,16H,2-10H2,1H3,(H,17,20)(H,18,19). The van der Waals surface area contributed by atoms with Gasteiger partial charge in [-0.3, -0.25) is 9.59 Å². The number of aliphatic carboxylic acids is 1. The summed E-state index contributed by atoms with van der Waals surface area (Å²) in [5.74, 6) is -0.811. The molecule has 1 aliphatic heterocycles. The van der Waals surface area contributed by atoms with E-state index in [1.54, 1.807) is 7.11 Å². The lowest BCUT2D eigenvalue weighted by Crippen LogP contribution is -2.46. The number of carbonyl (C=O) groups excluding carboxylic acids is 1. The molecular weight excluding hydrogens is 272 g/mol. The van der Waals surface area contributed by atoms with Gasteiger partial charge in [-0.15, -0.1) is 0 Å². The van der Waals surface area contributed by atoms with Gasteiger partial charge in [0.1, 0.15) is 0 Å². The molecule has 2 atom stereocenters. The maximum absolute atomic E-state index is 12.2. The van der Waals surface area contributed by atoms with Gasteiger partial charge in [0, 0.05) is 20.2 Å². The first-order valence-corrected chi connectivity index (χ1v) is 7.80. The third kappa shape index (κ3) is 4.41. The fourth-order valence-electron chi connectivity index (χ4n) is 3.52. The number of hydrogen-bond acceptors (Lipinski definition) is 4. The van der Waals surface area contributed by atoms with Gasteiger partial charge < -0.3 is 20.5 Å². The Morgan fingerprint density at radius 1 is 1.33 bits per heavy atom. The molecule has 1 amide bonds. The van der Waals surface area contributed by atoms with Crippen LogP contribution in [-0.2, 0) is 14.3 Å². The van der Waals surface area contributed by atoms with Gasteiger partial charge in [0.2, 0.25) is 5.91 Å². The van der Waals surface area contributed by atoms with Gasteiger partial charge in [0.15, 0.2) is 0 Å². The zero-order valence-electron chi connectivity index (χ0n) is 12.7. The second-order valence-corrected chi connectivity index (χ2v) is 6.40. The predicted octanol–water partition coefficient (Wildman–Crippen LogP) is 0.905. The molecule has 0 spiro atoms. The molecule has 21 heavy (non-hydrogen) atoms. The Bertz CT molecular complexity index is 380. The molecule has 0 aromatic heterocycles. The number of rotatable bonds is 6. The van der Waals surface area contributed by atoms with E-state index in [0.29, 0.717) is 19.5 Å². The van der Waals surface area contributed by atoms with Crippen LogP contribution in [0.15, 0.2) is 0 Å². The van der Waals surface area contributed by atoms with Crippen molar-refractivity contribution in [2.24, 2.45) is 5.41 Å². The molecule has 6 nitrogen and oxygen atoms in total. The van der Waals surface area contributed by atoms with Crippen molar-refractivity contribution in [3.63, 3.8) is 0 Å². The number of ether oxygens (including phenoxy) is 1. The van der Waals surface area contributed by atoms with Crippen LogP contribution < -0.4 is 10.6 Å². The van der Waals surface area contributed by atoms with E-state index in [0.717, 1.165) is 32.1 Å². The minimum atomic E-state index is -0.774. The molecule has 6 heteroatoms. The van der Waals surface area contributed by atoms with E-state index in [4.69, 9.17) is 9.84 Å².